The molecule has 22 heavy (non-hydrogen) atoms. The SMILES string of the molecule is CCCCOC(=O)C(C)(C)CC(C)(CC)C(=O)NC(C)(C)C. The van der Waals surface area contributed by atoms with Crippen LogP contribution in [0.25, 0.3) is 0 Å². The number of hydrogen-bond donors (Lipinski definition) is 1. The van der Waals surface area contributed by atoms with Gasteiger partial charge >= 0.3 is 5.97 Å². The predicted octanol–water partition coefficient (Wildman–Crippen LogP) is 4.08. The maximum absolute atomic E-state index is 12.6. The zero-order chi connectivity index (χ0) is 17.6. The van der Waals surface area contributed by atoms with Crippen molar-refractivity contribution in [3.05, 3.63) is 0 Å². The Kier molecular flexibility index (Phi) is 7.60. The van der Waals surface area contributed by atoms with Crippen molar-refractivity contribution in [1.82, 2.24) is 5.32 Å². The molecule has 1 unspecified atom stereocenters. The van der Waals surface area contributed by atoms with Crippen LogP contribution in [0.4, 0.5) is 0 Å². The standard InChI is InChI=1S/C18H35NO3/c1-9-11-12-22-15(21)17(6,7)13-18(8,10-2)14(20)19-16(3,4)5/h9-13H2,1-8H3,(H,19,20). The van der Waals surface area contributed by atoms with Crippen LogP contribution in [0, 0.1) is 10.8 Å². The second kappa shape index (κ2) is 7.98. The zero-order valence-corrected chi connectivity index (χ0v) is 15.8. The molecular formula is C18H35NO3. The van der Waals surface area contributed by atoms with Crippen LogP contribution in [0.2, 0.25) is 0 Å². The van der Waals surface area contributed by atoms with Gasteiger partial charge in [0, 0.05) is 11.0 Å². The number of unbranched alkanes of at least 4 members (excludes halogenated alkanes) is 1. The molecule has 0 saturated heterocycles. The highest BCUT2D eigenvalue weighted by Gasteiger charge is 2.42. The Labute approximate surface area is 136 Å². The summed E-state index contributed by atoms with van der Waals surface area (Å²) in [6, 6.07) is 0. The lowest BCUT2D eigenvalue weighted by Gasteiger charge is -2.36. The number of amides is 1. The van der Waals surface area contributed by atoms with E-state index in [2.05, 4.69) is 12.2 Å². The van der Waals surface area contributed by atoms with Crippen molar-refractivity contribution in [1.29, 1.82) is 0 Å². The lowest BCUT2D eigenvalue weighted by atomic mass is 9.71. The van der Waals surface area contributed by atoms with E-state index >= 15 is 0 Å². The molecule has 0 spiro atoms. The van der Waals surface area contributed by atoms with Gasteiger partial charge in [0.1, 0.15) is 0 Å². The van der Waals surface area contributed by atoms with Crippen molar-refractivity contribution in [3.8, 4) is 0 Å². The van der Waals surface area contributed by atoms with Crippen LogP contribution < -0.4 is 5.32 Å². The van der Waals surface area contributed by atoms with E-state index in [4.69, 9.17) is 4.74 Å². The number of hydrogen-bond acceptors (Lipinski definition) is 3. The largest absolute Gasteiger partial charge is 0.465 e. The van der Waals surface area contributed by atoms with Gasteiger partial charge in [-0.1, -0.05) is 27.2 Å². The van der Waals surface area contributed by atoms with Gasteiger partial charge in [-0.2, -0.15) is 0 Å². The fourth-order valence-corrected chi connectivity index (χ4v) is 2.41. The minimum Gasteiger partial charge on any atom is -0.465 e. The van der Waals surface area contributed by atoms with E-state index in [9.17, 15) is 9.59 Å². The van der Waals surface area contributed by atoms with Crippen molar-refractivity contribution in [2.24, 2.45) is 10.8 Å². The average molecular weight is 313 g/mol. The normalized spacial score (nSPS) is 15.1. The molecular weight excluding hydrogens is 278 g/mol. The van der Waals surface area contributed by atoms with Gasteiger partial charge in [-0.3, -0.25) is 9.59 Å². The first-order valence-corrected chi connectivity index (χ1v) is 8.38. The van der Waals surface area contributed by atoms with Gasteiger partial charge in [-0.15, -0.1) is 0 Å². The topological polar surface area (TPSA) is 55.4 Å². The maximum atomic E-state index is 12.6. The summed E-state index contributed by atoms with van der Waals surface area (Å²) in [5.41, 5.74) is -1.53. The lowest BCUT2D eigenvalue weighted by molar-refractivity contribution is -0.157. The van der Waals surface area contributed by atoms with Crippen LogP contribution >= 0.6 is 0 Å². The molecule has 0 bridgehead atoms. The van der Waals surface area contributed by atoms with E-state index in [1.165, 1.54) is 0 Å². The second-order valence-electron chi connectivity index (χ2n) is 8.17. The summed E-state index contributed by atoms with van der Waals surface area (Å²) in [5, 5.41) is 3.03. The molecule has 1 N–H and O–H groups in total. The third-order valence-corrected chi connectivity index (χ3v) is 3.93. The van der Waals surface area contributed by atoms with Crippen molar-refractivity contribution in [2.75, 3.05) is 6.61 Å². The van der Waals surface area contributed by atoms with E-state index in [0.29, 0.717) is 19.4 Å². The van der Waals surface area contributed by atoms with Gasteiger partial charge in [0.2, 0.25) is 5.91 Å². The maximum Gasteiger partial charge on any atom is 0.311 e. The molecule has 0 aliphatic heterocycles. The Morgan fingerprint density at radius 2 is 1.55 bits per heavy atom. The highest BCUT2D eigenvalue weighted by Crippen LogP contribution is 2.38. The van der Waals surface area contributed by atoms with E-state index in [1.807, 2.05) is 48.5 Å². The van der Waals surface area contributed by atoms with Crippen molar-refractivity contribution < 1.29 is 14.3 Å². The minimum atomic E-state index is -0.673. The van der Waals surface area contributed by atoms with Gasteiger partial charge in [-0.25, -0.2) is 0 Å². The summed E-state index contributed by atoms with van der Waals surface area (Å²) in [6.07, 6.45) is 3.02. The fraction of sp³-hybridized carbons (Fsp3) is 0.889. The zero-order valence-electron chi connectivity index (χ0n) is 15.8. The van der Waals surface area contributed by atoms with Crippen LogP contribution in [0.15, 0.2) is 0 Å². The highest BCUT2D eigenvalue weighted by atomic mass is 16.5. The molecule has 0 radical (unpaired) electrons. The number of ether oxygens (including phenoxy) is 1. The summed E-state index contributed by atoms with van der Waals surface area (Å²) < 4.78 is 5.35. The number of nitrogens with one attached hydrogen (secondary N) is 1. The van der Waals surface area contributed by atoms with Crippen molar-refractivity contribution in [3.63, 3.8) is 0 Å². The molecule has 0 rings (SSSR count). The van der Waals surface area contributed by atoms with Gasteiger partial charge < -0.3 is 10.1 Å². The Hall–Kier alpha value is -1.06. The summed E-state index contributed by atoms with van der Waals surface area (Å²) in [4.78, 5) is 24.9. The first-order chi connectivity index (χ1) is 9.88. The van der Waals surface area contributed by atoms with E-state index in [0.717, 1.165) is 12.8 Å². The van der Waals surface area contributed by atoms with Crippen molar-refractivity contribution >= 4 is 11.9 Å². The predicted molar refractivity (Wildman–Crippen MR) is 90.6 cm³/mol. The molecule has 1 amide bonds. The second-order valence-corrected chi connectivity index (χ2v) is 8.17. The average Bonchev–Trinajstić information content (AvgIpc) is 2.36. The van der Waals surface area contributed by atoms with Gasteiger partial charge in [0.15, 0.2) is 0 Å². The Morgan fingerprint density at radius 3 is 1.95 bits per heavy atom. The molecule has 0 aliphatic carbocycles. The van der Waals surface area contributed by atoms with Gasteiger partial charge in [-0.05, 0) is 53.9 Å². The van der Waals surface area contributed by atoms with Gasteiger partial charge in [0.05, 0.1) is 12.0 Å². The first-order valence-electron chi connectivity index (χ1n) is 8.38. The molecule has 4 heteroatoms. The van der Waals surface area contributed by atoms with Crippen LogP contribution in [-0.2, 0) is 14.3 Å². The minimum absolute atomic E-state index is 0.00284. The third kappa shape index (κ3) is 6.80. The fourth-order valence-electron chi connectivity index (χ4n) is 2.41. The van der Waals surface area contributed by atoms with E-state index in [1.54, 1.807) is 0 Å². The molecule has 0 aromatic heterocycles. The Morgan fingerprint density at radius 1 is 1.00 bits per heavy atom. The quantitative estimate of drug-likeness (QED) is 0.542. The van der Waals surface area contributed by atoms with Crippen LogP contribution in [-0.4, -0.2) is 24.0 Å². The van der Waals surface area contributed by atoms with Gasteiger partial charge in [0.25, 0.3) is 0 Å². The number of rotatable bonds is 8. The molecule has 0 aromatic rings. The first kappa shape index (κ1) is 20.9. The molecule has 0 fully saturated rings. The highest BCUT2D eigenvalue weighted by molar-refractivity contribution is 5.84. The van der Waals surface area contributed by atoms with Crippen LogP contribution in [0.1, 0.15) is 81.1 Å². The molecule has 0 aliphatic rings. The molecule has 0 aromatic carbocycles. The smallest absolute Gasteiger partial charge is 0.311 e. The lowest BCUT2D eigenvalue weighted by Crippen LogP contribution is -2.50. The summed E-state index contributed by atoms with van der Waals surface area (Å²) in [6.45, 7) is 16.0. The number of esters is 1. The summed E-state index contributed by atoms with van der Waals surface area (Å²) >= 11 is 0. The van der Waals surface area contributed by atoms with E-state index < -0.39 is 10.8 Å². The molecule has 130 valence electrons. The molecule has 0 heterocycles. The molecule has 1 atom stereocenters. The monoisotopic (exact) mass is 313 g/mol. The van der Waals surface area contributed by atoms with E-state index in [-0.39, 0.29) is 17.4 Å². The summed E-state index contributed by atoms with van der Waals surface area (Å²) in [5.74, 6) is -0.221. The Balaban J connectivity index is 4.94. The third-order valence-electron chi connectivity index (χ3n) is 3.93. The number of carbonyl (C=O) groups is 2. The summed E-state index contributed by atoms with van der Waals surface area (Å²) in [7, 11) is 0. The Bertz CT molecular complexity index is 382. The number of carbonyl (C=O) groups excluding carboxylic acids is 2. The molecule has 0 saturated carbocycles. The van der Waals surface area contributed by atoms with Crippen LogP contribution in [0.5, 0.6) is 0 Å². The molecule has 4 nitrogen and oxygen atoms in total. The van der Waals surface area contributed by atoms with Crippen molar-refractivity contribution in [2.45, 2.75) is 86.6 Å². The van der Waals surface area contributed by atoms with Crippen LogP contribution in [0.3, 0.4) is 0 Å².